The molecular formula is C20H38O5. The normalized spacial score (nSPS) is 25.0. The summed E-state index contributed by atoms with van der Waals surface area (Å²) >= 11 is 0. The molecule has 1 aliphatic heterocycles. The molecule has 0 amide bonds. The van der Waals surface area contributed by atoms with Crippen LogP contribution in [0.2, 0.25) is 0 Å². The van der Waals surface area contributed by atoms with Crippen molar-refractivity contribution < 1.29 is 24.8 Å². The molecule has 0 aliphatic carbocycles. The van der Waals surface area contributed by atoms with E-state index in [0.717, 1.165) is 6.42 Å². The minimum atomic E-state index is -1.02. The standard InChI is InChI=1S/C20H38O5/c1-2-3-4-5-6-7-8-9-10-11-12-13-14-24-20-18(23)16-25-19(20)17(22)15-21/h12-13,17-23H,2-11,14-16H2,1H3/b13-12+/t17-,18+,19+,20+/m1/s1. The number of hydrogen-bond donors (Lipinski definition) is 3. The van der Waals surface area contributed by atoms with Crippen LogP contribution in [0.5, 0.6) is 0 Å². The Balaban J connectivity index is 1.99. The zero-order chi connectivity index (χ0) is 18.3. The molecule has 25 heavy (non-hydrogen) atoms. The highest BCUT2D eigenvalue weighted by Gasteiger charge is 2.40. The molecule has 0 bridgehead atoms. The van der Waals surface area contributed by atoms with Gasteiger partial charge in [-0.3, -0.25) is 0 Å². The van der Waals surface area contributed by atoms with E-state index in [-0.39, 0.29) is 6.61 Å². The summed E-state index contributed by atoms with van der Waals surface area (Å²) in [5.74, 6) is 0. The van der Waals surface area contributed by atoms with Gasteiger partial charge in [0, 0.05) is 0 Å². The van der Waals surface area contributed by atoms with E-state index in [2.05, 4.69) is 13.0 Å². The molecule has 0 saturated carbocycles. The maximum Gasteiger partial charge on any atom is 0.115 e. The van der Waals surface area contributed by atoms with Crippen LogP contribution in [0.3, 0.4) is 0 Å². The van der Waals surface area contributed by atoms with Gasteiger partial charge in [0.25, 0.3) is 0 Å². The number of aliphatic hydroxyl groups is 3. The van der Waals surface area contributed by atoms with Gasteiger partial charge in [0.15, 0.2) is 0 Å². The van der Waals surface area contributed by atoms with E-state index in [4.69, 9.17) is 14.6 Å². The second kappa shape index (κ2) is 14.7. The third-order valence-electron chi connectivity index (χ3n) is 4.75. The lowest BCUT2D eigenvalue weighted by molar-refractivity contribution is -0.0879. The molecule has 0 radical (unpaired) electrons. The molecule has 0 aromatic carbocycles. The van der Waals surface area contributed by atoms with Crippen molar-refractivity contribution in [3.8, 4) is 0 Å². The van der Waals surface area contributed by atoms with Crippen LogP contribution in [-0.2, 0) is 9.47 Å². The molecule has 1 saturated heterocycles. The van der Waals surface area contributed by atoms with Crippen molar-refractivity contribution in [1.29, 1.82) is 0 Å². The van der Waals surface area contributed by atoms with E-state index in [9.17, 15) is 10.2 Å². The summed E-state index contributed by atoms with van der Waals surface area (Å²) in [6.45, 7) is 2.37. The Morgan fingerprint density at radius 1 is 1.04 bits per heavy atom. The minimum Gasteiger partial charge on any atom is -0.394 e. The van der Waals surface area contributed by atoms with Crippen LogP contribution in [0.15, 0.2) is 12.2 Å². The van der Waals surface area contributed by atoms with E-state index < -0.39 is 31.0 Å². The van der Waals surface area contributed by atoms with Gasteiger partial charge in [-0.15, -0.1) is 0 Å². The van der Waals surface area contributed by atoms with Gasteiger partial charge in [-0.2, -0.15) is 0 Å². The average Bonchev–Trinajstić information content (AvgIpc) is 2.99. The summed E-state index contributed by atoms with van der Waals surface area (Å²) < 4.78 is 10.9. The number of rotatable bonds is 15. The van der Waals surface area contributed by atoms with Gasteiger partial charge in [0.05, 0.1) is 19.8 Å². The first-order valence-electron chi connectivity index (χ1n) is 10.1. The van der Waals surface area contributed by atoms with Crippen molar-refractivity contribution in [3.05, 3.63) is 12.2 Å². The largest absolute Gasteiger partial charge is 0.394 e. The van der Waals surface area contributed by atoms with Crippen molar-refractivity contribution in [2.24, 2.45) is 0 Å². The smallest absolute Gasteiger partial charge is 0.115 e. The average molecular weight is 359 g/mol. The van der Waals surface area contributed by atoms with Crippen molar-refractivity contribution in [2.45, 2.75) is 95.5 Å². The van der Waals surface area contributed by atoms with Crippen LogP contribution in [-0.4, -0.2) is 59.6 Å². The third-order valence-corrected chi connectivity index (χ3v) is 4.75. The number of aliphatic hydroxyl groups excluding tert-OH is 3. The van der Waals surface area contributed by atoms with Crippen LogP contribution in [0.25, 0.3) is 0 Å². The summed E-state index contributed by atoms with van der Waals surface area (Å²) in [7, 11) is 0. The first kappa shape index (κ1) is 22.6. The van der Waals surface area contributed by atoms with Gasteiger partial charge >= 0.3 is 0 Å². The maximum atomic E-state index is 9.83. The van der Waals surface area contributed by atoms with Gasteiger partial charge in [-0.05, 0) is 12.8 Å². The summed E-state index contributed by atoms with van der Waals surface area (Å²) in [4.78, 5) is 0. The molecule has 1 heterocycles. The van der Waals surface area contributed by atoms with Gasteiger partial charge in [-0.1, -0.05) is 70.4 Å². The first-order valence-corrected chi connectivity index (χ1v) is 10.1. The van der Waals surface area contributed by atoms with Crippen LogP contribution >= 0.6 is 0 Å². The molecule has 0 aromatic rings. The zero-order valence-corrected chi connectivity index (χ0v) is 15.8. The lowest BCUT2D eigenvalue weighted by Gasteiger charge is -2.23. The van der Waals surface area contributed by atoms with Gasteiger partial charge in [-0.25, -0.2) is 0 Å². The number of hydrogen-bond acceptors (Lipinski definition) is 5. The van der Waals surface area contributed by atoms with Crippen LogP contribution in [0.1, 0.15) is 71.1 Å². The summed E-state index contributed by atoms with van der Waals surface area (Å²) in [6.07, 6.45) is 14.1. The van der Waals surface area contributed by atoms with E-state index in [1.807, 2.05) is 6.08 Å². The Morgan fingerprint density at radius 3 is 2.32 bits per heavy atom. The molecule has 3 N–H and O–H groups in total. The van der Waals surface area contributed by atoms with Crippen molar-refractivity contribution in [3.63, 3.8) is 0 Å². The maximum absolute atomic E-state index is 9.83. The fourth-order valence-electron chi connectivity index (χ4n) is 3.18. The molecule has 0 aromatic heterocycles. The molecule has 5 nitrogen and oxygen atoms in total. The fraction of sp³-hybridized carbons (Fsp3) is 0.900. The summed E-state index contributed by atoms with van der Waals surface area (Å²) in [6, 6.07) is 0. The topological polar surface area (TPSA) is 79.2 Å². The highest BCUT2D eigenvalue weighted by Crippen LogP contribution is 2.21. The lowest BCUT2D eigenvalue weighted by atomic mass is 10.1. The van der Waals surface area contributed by atoms with Crippen molar-refractivity contribution in [2.75, 3.05) is 19.8 Å². The second-order valence-corrected chi connectivity index (χ2v) is 7.00. The zero-order valence-electron chi connectivity index (χ0n) is 15.8. The van der Waals surface area contributed by atoms with Crippen molar-refractivity contribution in [1.82, 2.24) is 0 Å². The van der Waals surface area contributed by atoms with Gasteiger partial charge < -0.3 is 24.8 Å². The van der Waals surface area contributed by atoms with Crippen LogP contribution < -0.4 is 0 Å². The predicted molar refractivity (Wildman–Crippen MR) is 99.6 cm³/mol. The number of ether oxygens (including phenoxy) is 2. The lowest BCUT2D eigenvalue weighted by Crippen LogP contribution is -2.42. The van der Waals surface area contributed by atoms with Crippen molar-refractivity contribution >= 4 is 0 Å². The Kier molecular flexibility index (Phi) is 13.3. The van der Waals surface area contributed by atoms with E-state index in [1.165, 1.54) is 57.8 Å². The Morgan fingerprint density at radius 2 is 1.68 bits per heavy atom. The minimum absolute atomic E-state index is 0.133. The molecule has 4 atom stereocenters. The molecule has 1 fully saturated rings. The van der Waals surface area contributed by atoms with E-state index >= 15 is 0 Å². The second-order valence-electron chi connectivity index (χ2n) is 7.00. The highest BCUT2D eigenvalue weighted by atomic mass is 16.6. The molecule has 1 rings (SSSR count). The van der Waals surface area contributed by atoms with Gasteiger partial charge in [0.2, 0.25) is 0 Å². The monoisotopic (exact) mass is 358 g/mol. The van der Waals surface area contributed by atoms with Crippen LogP contribution in [0.4, 0.5) is 0 Å². The predicted octanol–water partition coefficient (Wildman–Crippen LogP) is 2.96. The molecule has 0 spiro atoms. The van der Waals surface area contributed by atoms with Gasteiger partial charge in [0.1, 0.15) is 24.4 Å². The third kappa shape index (κ3) is 9.71. The Labute approximate surface area is 153 Å². The summed E-state index contributed by atoms with van der Waals surface area (Å²) in [5.41, 5.74) is 0. The SMILES string of the molecule is CCCCCCCCCCC/C=C/CO[C@@H]1[C@H]([C@H](O)CO)OC[C@@H]1O. The van der Waals surface area contributed by atoms with E-state index in [0.29, 0.717) is 6.61 Å². The Bertz CT molecular complexity index is 334. The first-order chi connectivity index (χ1) is 12.2. The number of allylic oxidation sites excluding steroid dienone is 1. The number of unbranched alkanes of at least 4 members (excludes halogenated alkanes) is 9. The summed E-state index contributed by atoms with van der Waals surface area (Å²) in [5, 5.41) is 28.5. The molecular weight excluding hydrogens is 320 g/mol. The molecule has 148 valence electrons. The molecule has 0 unspecified atom stereocenters. The molecule has 1 aliphatic rings. The Hall–Kier alpha value is -0.460. The van der Waals surface area contributed by atoms with Crippen LogP contribution in [0, 0.1) is 0 Å². The highest BCUT2D eigenvalue weighted by molar-refractivity contribution is 4.91. The quantitative estimate of drug-likeness (QED) is 0.310. The fourth-order valence-corrected chi connectivity index (χ4v) is 3.18. The van der Waals surface area contributed by atoms with E-state index in [1.54, 1.807) is 0 Å². The molecule has 5 heteroatoms.